The number of anilines is 3. The van der Waals surface area contributed by atoms with Crippen LogP contribution in [0.2, 0.25) is 0 Å². The van der Waals surface area contributed by atoms with Crippen molar-refractivity contribution in [2.24, 2.45) is 0 Å². The highest BCUT2D eigenvalue weighted by Gasteiger charge is 2.18. The standard InChI is InChI=1S/C46H29NO2/c1-2-12-35(13-3-1)47(36-22-18-30(19-23-36)33-20-24-39-38-15-7-9-17-43(38)48-45(39)29-33)42-16-8-6-14-37(42)34-21-25-44-40(27-34)41-26-31-10-4-5-11-32(31)28-46(41)49-44/h1-29H. The van der Waals surface area contributed by atoms with Gasteiger partial charge in [0.15, 0.2) is 0 Å². The summed E-state index contributed by atoms with van der Waals surface area (Å²) in [5, 5.41) is 6.91. The van der Waals surface area contributed by atoms with Crippen molar-refractivity contribution >= 4 is 71.7 Å². The molecule has 49 heavy (non-hydrogen) atoms. The van der Waals surface area contributed by atoms with Crippen molar-refractivity contribution in [1.29, 1.82) is 0 Å². The molecule has 0 aliphatic rings. The zero-order valence-electron chi connectivity index (χ0n) is 26.5. The van der Waals surface area contributed by atoms with E-state index in [1.165, 1.54) is 10.8 Å². The minimum atomic E-state index is 0.892. The lowest BCUT2D eigenvalue weighted by molar-refractivity contribution is 0.669. The van der Waals surface area contributed by atoms with Crippen molar-refractivity contribution in [3.05, 3.63) is 176 Å². The van der Waals surface area contributed by atoms with Gasteiger partial charge in [-0.25, -0.2) is 0 Å². The summed E-state index contributed by atoms with van der Waals surface area (Å²) in [5.74, 6) is 0. The third kappa shape index (κ3) is 4.59. The fourth-order valence-electron chi connectivity index (χ4n) is 7.26. The number of hydrogen-bond donors (Lipinski definition) is 0. The maximum Gasteiger partial charge on any atom is 0.136 e. The van der Waals surface area contributed by atoms with Crippen LogP contribution in [0.5, 0.6) is 0 Å². The third-order valence-electron chi connectivity index (χ3n) is 9.65. The topological polar surface area (TPSA) is 29.5 Å². The zero-order chi connectivity index (χ0) is 32.3. The molecule has 0 radical (unpaired) electrons. The number of hydrogen-bond acceptors (Lipinski definition) is 3. The molecule has 230 valence electrons. The maximum atomic E-state index is 6.34. The van der Waals surface area contributed by atoms with Gasteiger partial charge in [-0.2, -0.15) is 0 Å². The molecular weight excluding hydrogens is 599 g/mol. The number of benzene rings is 8. The Labute approximate surface area is 282 Å². The molecule has 0 aliphatic carbocycles. The van der Waals surface area contributed by atoms with Gasteiger partial charge >= 0.3 is 0 Å². The van der Waals surface area contributed by atoms with Gasteiger partial charge in [0.05, 0.1) is 5.69 Å². The first-order valence-corrected chi connectivity index (χ1v) is 16.6. The van der Waals surface area contributed by atoms with Crippen LogP contribution in [0.15, 0.2) is 185 Å². The molecule has 0 atom stereocenters. The van der Waals surface area contributed by atoms with Crippen molar-refractivity contribution in [2.75, 3.05) is 4.90 Å². The first-order chi connectivity index (χ1) is 24.3. The minimum absolute atomic E-state index is 0.892. The number of fused-ring (bicyclic) bond motifs is 7. The molecule has 10 rings (SSSR count). The van der Waals surface area contributed by atoms with Gasteiger partial charge in [-0.1, -0.05) is 103 Å². The van der Waals surface area contributed by atoms with Gasteiger partial charge in [-0.15, -0.1) is 0 Å². The lowest BCUT2D eigenvalue weighted by Crippen LogP contribution is -2.11. The van der Waals surface area contributed by atoms with Crippen LogP contribution in [-0.4, -0.2) is 0 Å². The molecule has 0 fully saturated rings. The maximum absolute atomic E-state index is 6.34. The van der Waals surface area contributed by atoms with E-state index in [2.05, 4.69) is 169 Å². The van der Waals surface area contributed by atoms with E-state index < -0.39 is 0 Å². The van der Waals surface area contributed by atoms with Crippen LogP contribution >= 0.6 is 0 Å². The highest BCUT2D eigenvalue weighted by molar-refractivity contribution is 6.11. The molecule has 2 aromatic heterocycles. The van der Waals surface area contributed by atoms with Gasteiger partial charge in [0.1, 0.15) is 22.3 Å². The van der Waals surface area contributed by atoms with E-state index in [0.717, 1.165) is 83.2 Å². The van der Waals surface area contributed by atoms with Crippen LogP contribution in [0.3, 0.4) is 0 Å². The SMILES string of the molecule is c1ccc(N(c2ccc(-c3ccc4c(c3)oc3ccccc34)cc2)c2ccccc2-c2ccc3oc4cc5ccccc5cc4c3c2)cc1. The Morgan fingerprint density at radius 2 is 0.918 bits per heavy atom. The Hall–Kier alpha value is -6.58. The first-order valence-electron chi connectivity index (χ1n) is 16.6. The Morgan fingerprint density at radius 1 is 0.327 bits per heavy atom. The van der Waals surface area contributed by atoms with E-state index in [9.17, 15) is 0 Å². The minimum Gasteiger partial charge on any atom is -0.456 e. The quantitative estimate of drug-likeness (QED) is 0.190. The molecule has 0 spiro atoms. The molecule has 0 N–H and O–H groups in total. The Balaban J connectivity index is 1.08. The average molecular weight is 628 g/mol. The molecular formula is C46H29NO2. The molecule has 0 saturated heterocycles. The van der Waals surface area contributed by atoms with E-state index in [1.807, 2.05) is 12.1 Å². The Bertz CT molecular complexity index is 2830. The van der Waals surface area contributed by atoms with Crippen LogP contribution in [0.4, 0.5) is 17.1 Å². The molecule has 0 bridgehead atoms. The van der Waals surface area contributed by atoms with E-state index >= 15 is 0 Å². The largest absolute Gasteiger partial charge is 0.456 e. The number of rotatable bonds is 5. The molecule has 0 aliphatic heterocycles. The summed E-state index contributed by atoms with van der Waals surface area (Å²) < 4.78 is 12.5. The fraction of sp³-hybridized carbons (Fsp3) is 0. The average Bonchev–Trinajstić information content (AvgIpc) is 3.72. The van der Waals surface area contributed by atoms with Crippen molar-refractivity contribution < 1.29 is 8.83 Å². The second-order valence-corrected chi connectivity index (χ2v) is 12.6. The molecule has 2 heterocycles. The highest BCUT2D eigenvalue weighted by Crippen LogP contribution is 2.43. The number of para-hydroxylation sites is 3. The molecule has 0 saturated carbocycles. The normalized spacial score (nSPS) is 11.7. The van der Waals surface area contributed by atoms with Crippen LogP contribution in [0.1, 0.15) is 0 Å². The van der Waals surface area contributed by atoms with Crippen LogP contribution in [0.25, 0.3) is 76.9 Å². The summed E-state index contributed by atoms with van der Waals surface area (Å²) in [5.41, 5.74) is 11.4. The van der Waals surface area contributed by atoms with Gasteiger partial charge in [0.2, 0.25) is 0 Å². The van der Waals surface area contributed by atoms with E-state index in [4.69, 9.17) is 8.83 Å². The van der Waals surface area contributed by atoms with Gasteiger partial charge in [0.25, 0.3) is 0 Å². The third-order valence-corrected chi connectivity index (χ3v) is 9.65. The van der Waals surface area contributed by atoms with E-state index in [1.54, 1.807) is 0 Å². The van der Waals surface area contributed by atoms with Gasteiger partial charge < -0.3 is 13.7 Å². The zero-order valence-corrected chi connectivity index (χ0v) is 26.5. The predicted molar refractivity (Wildman–Crippen MR) is 204 cm³/mol. The predicted octanol–water partition coefficient (Wildman–Crippen LogP) is 13.4. The fourth-order valence-corrected chi connectivity index (χ4v) is 7.26. The van der Waals surface area contributed by atoms with Gasteiger partial charge in [-0.05, 0) is 100 Å². The van der Waals surface area contributed by atoms with Crippen molar-refractivity contribution in [3.63, 3.8) is 0 Å². The first kappa shape index (κ1) is 27.5. The van der Waals surface area contributed by atoms with Crippen molar-refractivity contribution in [1.82, 2.24) is 0 Å². The van der Waals surface area contributed by atoms with Gasteiger partial charge in [-0.3, -0.25) is 0 Å². The molecule has 3 nitrogen and oxygen atoms in total. The highest BCUT2D eigenvalue weighted by atomic mass is 16.3. The summed E-state index contributed by atoms with van der Waals surface area (Å²) in [4.78, 5) is 2.34. The van der Waals surface area contributed by atoms with E-state index in [0.29, 0.717) is 0 Å². The number of nitrogens with zero attached hydrogens (tertiary/aromatic N) is 1. The summed E-state index contributed by atoms with van der Waals surface area (Å²) in [6.45, 7) is 0. The molecule has 3 heteroatoms. The summed E-state index contributed by atoms with van der Waals surface area (Å²) in [6, 6.07) is 62.1. The summed E-state index contributed by atoms with van der Waals surface area (Å²) >= 11 is 0. The molecule has 8 aromatic carbocycles. The second-order valence-electron chi connectivity index (χ2n) is 12.6. The van der Waals surface area contributed by atoms with Gasteiger partial charge in [0, 0.05) is 38.5 Å². The second kappa shape index (κ2) is 11.0. The molecule has 0 amide bonds. The van der Waals surface area contributed by atoms with E-state index in [-0.39, 0.29) is 0 Å². The van der Waals surface area contributed by atoms with Crippen molar-refractivity contribution in [2.45, 2.75) is 0 Å². The van der Waals surface area contributed by atoms with Crippen LogP contribution in [0, 0.1) is 0 Å². The summed E-state index contributed by atoms with van der Waals surface area (Å²) in [7, 11) is 0. The monoisotopic (exact) mass is 627 g/mol. The molecule has 0 unspecified atom stereocenters. The molecule has 10 aromatic rings. The Kier molecular flexibility index (Phi) is 6.18. The van der Waals surface area contributed by atoms with Crippen LogP contribution < -0.4 is 4.90 Å². The Morgan fingerprint density at radius 3 is 1.78 bits per heavy atom. The smallest absolute Gasteiger partial charge is 0.136 e. The van der Waals surface area contributed by atoms with Crippen LogP contribution in [-0.2, 0) is 0 Å². The summed E-state index contributed by atoms with van der Waals surface area (Å²) in [6.07, 6.45) is 0. The van der Waals surface area contributed by atoms with Crippen molar-refractivity contribution in [3.8, 4) is 22.3 Å². The number of furan rings is 2. The lowest BCUT2D eigenvalue weighted by atomic mass is 9.98. The lowest BCUT2D eigenvalue weighted by Gasteiger charge is -2.28.